The number of fused-ring (bicyclic) bond motifs is 1. The molecule has 0 N–H and O–H groups in total. The second-order valence-electron chi connectivity index (χ2n) is 6.51. The minimum atomic E-state index is 0.0456. The van der Waals surface area contributed by atoms with Crippen molar-refractivity contribution in [2.24, 2.45) is 0 Å². The molecule has 25 heavy (non-hydrogen) atoms. The highest BCUT2D eigenvalue weighted by Crippen LogP contribution is 2.31. The number of carbonyl (C=O) groups is 1. The van der Waals surface area contributed by atoms with E-state index in [1.165, 1.54) is 0 Å². The molecule has 6 nitrogen and oxygen atoms in total. The average Bonchev–Trinajstić information content (AvgIpc) is 3.20. The molecule has 1 amide bonds. The van der Waals surface area contributed by atoms with E-state index in [1.807, 2.05) is 53.6 Å². The molecule has 3 heterocycles. The van der Waals surface area contributed by atoms with Crippen molar-refractivity contribution in [1.82, 2.24) is 24.4 Å². The van der Waals surface area contributed by atoms with Crippen LogP contribution >= 0.6 is 0 Å². The average molecular weight is 335 g/mol. The maximum Gasteiger partial charge on any atom is 0.243 e. The molecular weight excluding hydrogens is 314 g/mol. The molecule has 0 radical (unpaired) electrons. The van der Waals surface area contributed by atoms with Gasteiger partial charge in [-0.1, -0.05) is 12.1 Å². The second-order valence-corrected chi connectivity index (χ2v) is 6.51. The first-order chi connectivity index (χ1) is 12.1. The zero-order valence-electron chi connectivity index (χ0n) is 14.5. The molecule has 0 spiro atoms. The lowest BCUT2D eigenvalue weighted by molar-refractivity contribution is -0.132. The second kappa shape index (κ2) is 6.27. The summed E-state index contributed by atoms with van der Waals surface area (Å²) in [5.74, 6) is 1.72. The van der Waals surface area contributed by atoms with Gasteiger partial charge in [-0.3, -0.25) is 4.79 Å². The first kappa shape index (κ1) is 15.7. The van der Waals surface area contributed by atoms with E-state index in [-0.39, 0.29) is 11.9 Å². The number of likely N-dealkylation sites (tertiary alicyclic amines) is 1. The predicted molar refractivity (Wildman–Crippen MR) is 94.9 cm³/mol. The third kappa shape index (κ3) is 2.88. The Bertz CT molecular complexity index is 932. The Morgan fingerprint density at radius 3 is 2.88 bits per heavy atom. The van der Waals surface area contributed by atoms with E-state index in [0.717, 1.165) is 47.8 Å². The number of hydrogen-bond acceptors (Lipinski definition) is 4. The number of imidazole rings is 1. The molecule has 1 aliphatic rings. The minimum absolute atomic E-state index is 0.0456. The highest BCUT2D eigenvalue weighted by Gasteiger charge is 2.31. The molecule has 0 aliphatic carbocycles. The smallest absolute Gasteiger partial charge is 0.243 e. The molecule has 128 valence electrons. The van der Waals surface area contributed by atoms with Crippen LogP contribution in [0.25, 0.3) is 11.0 Å². The molecule has 0 saturated carbocycles. The van der Waals surface area contributed by atoms with Crippen molar-refractivity contribution in [3.8, 4) is 0 Å². The molecule has 1 saturated heterocycles. The van der Waals surface area contributed by atoms with Crippen molar-refractivity contribution in [3.05, 3.63) is 53.9 Å². The van der Waals surface area contributed by atoms with Crippen molar-refractivity contribution < 1.29 is 4.79 Å². The van der Waals surface area contributed by atoms with Gasteiger partial charge in [0.25, 0.3) is 0 Å². The standard InChI is InChI=1S/C19H21N5O/c1-13-20-10-9-16(21-13)17-8-5-11-23(17)19(25)12-24-14(2)22-15-6-3-4-7-18(15)24/h3-4,6-7,9-10,17H,5,8,11-12H2,1-2H3/t17-/m1/s1. The van der Waals surface area contributed by atoms with Crippen LogP contribution < -0.4 is 0 Å². The van der Waals surface area contributed by atoms with Crippen molar-refractivity contribution in [2.75, 3.05) is 6.54 Å². The lowest BCUT2D eigenvalue weighted by atomic mass is 10.1. The van der Waals surface area contributed by atoms with E-state index in [9.17, 15) is 4.79 Å². The Kier molecular flexibility index (Phi) is 3.95. The van der Waals surface area contributed by atoms with Gasteiger partial charge in [-0.05, 0) is 44.9 Å². The summed E-state index contributed by atoms with van der Waals surface area (Å²) in [5.41, 5.74) is 2.87. The van der Waals surface area contributed by atoms with Gasteiger partial charge in [-0.25, -0.2) is 15.0 Å². The van der Waals surface area contributed by atoms with E-state index in [1.54, 1.807) is 6.20 Å². The number of para-hydroxylation sites is 2. The number of aromatic nitrogens is 4. The van der Waals surface area contributed by atoms with Crippen LogP contribution in [0, 0.1) is 13.8 Å². The topological polar surface area (TPSA) is 63.9 Å². The summed E-state index contributed by atoms with van der Waals surface area (Å²) in [5, 5.41) is 0. The normalized spacial score (nSPS) is 17.4. The third-order valence-corrected chi connectivity index (χ3v) is 4.85. The number of benzene rings is 1. The van der Waals surface area contributed by atoms with E-state index in [4.69, 9.17) is 0 Å². The Morgan fingerprint density at radius 1 is 1.20 bits per heavy atom. The maximum atomic E-state index is 13.0. The van der Waals surface area contributed by atoms with Gasteiger partial charge >= 0.3 is 0 Å². The summed E-state index contributed by atoms with van der Waals surface area (Å²) in [6.07, 6.45) is 3.72. The number of aryl methyl sites for hydroxylation is 2. The van der Waals surface area contributed by atoms with Crippen LogP contribution in [0.5, 0.6) is 0 Å². The fourth-order valence-electron chi connectivity index (χ4n) is 3.65. The molecule has 2 aromatic heterocycles. The van der Waals surface area contributed by atoms with Gasteiger partial charge in [0.1, 0.15) is 18.2 Å². The van der Waals surface area contributed by atoms with Gasteiger partial charge in [0.2, 0.25) is 5.91 Å². The van der Waals surface area contributed by atoms with Gasteiger partial charge in [0.15, 0.2) is 0 Å². The Hall–Kier alpha value is -2.76. The number of hydrogen-bond donors (Lipinski definition) is 0. The molecule has 1 aromatic carbocycles. The van der Waals surface area contributed by atoms with Crippen molar-refractivity contribution in [3.63, 3.8) is 0 Å². The molecule has 6 heteroatoms. The maximum absolute atomic E-state index is 13.0. The van der Waals surface area contributed by atoms with Crippen LogP contribution in [0.4, 0.5) is 0 Å². The summed E-state index contributed by atoms with van der Waals surface area (Å²) < 4.78 is 2.00. The number of nitrogens with zero attached hydrogens (tertiary/aromatic N) is 5. The van der Waals surface area contributed by atoms with E-state index < -0.39 is 0 Å². The summed E-state index contributed by atoms with van der Waals surface area (Å²) >= 11 is 0. The minimum Gasteiger partial charge on any atom is -0.333 e. The first-order valence-electron chi connectivity index (χ1n) is 8.64. The predicted octanol–water partition coefficient (Wildman–Crippen LogP) is 2.81. The van der Waals surface area contributed by atoms with Gasteiger partial charge in [-0.2, -0.15) is 0 Å². The molecule has 4 rings (SSSR count). The zero-order valence-corrected chi connectivity index (χ0v) is 14.5. The number of rotatable bonds is 3. The van der Waals surface area contributed by atoms with Crippen LogP contribution in [0.15, 0.2) is 36.5 Å². The Balaban J connectivity index is 1.60. The van der Waals surface area contributed by atoms with E-state index in [0.29, 0.717) is 6.54 Å². The molecular formula is C19H21N5O. The molecule has 1 fully saturated rings. The van der Waals surface area contributed by atoms with Crippen LogP contribution in [-0.4, -0.2) is 36.9 Å². The van der Waals surface area contributed by atoms with Crippen LogP contribution in [0.2, 0.25) is 0 Å². The first-order valence-corrected chi connectivity index (χ1v) is 8.64. The monoisotopic (exact) mass is 335 g/mol. The van der Waals surface area contributed by atoms with Crippen LogP contribution in [-0.2, 0) is 11.3 Å². The van der Waals surface area contributed by atoms with E-state index >= 15 is 0 Å². The number of carbonyl (C=O) groups excluding carboxylic acids is 1. The summed E-state index contributed by atoms with van der Waals surface area (Å²) in [4.78, 5) is 28.2. The largest absolute Gasteiger partial charge is 0.333 e. The van der Waals surface area contributed by atoms with Gasteiger partial charge in [0.05, 0.1) is 22.8 Å². The highest BCUT2D eigenvalue weighted by atomic mass is 16.2. The fraction of sp³-hybridized carbons (Fsp3) is 0.368. The fourth-order valence-corrected chi connectivity index (χ4v) is 3.65. The Labute approximate surface area is 146 Å². The van der Waals surface area contributed by atoms with Crippen LogP contribution in [0.1, 0.15) is 36.2 Å². The lowest BCUT2D eigenvalue weighted by Crippen LogP contribution is -2.34. The summed E-state index contributed by atoms with van der Waals surface area (Å²) in [7, 11) is 0. The highest BCUT2D eigenvalue weighted by molar-refractivity contribution is 5.81. The number of amides is 1. The Morgan fingerprint density at radius 2 is 2.04 bits per heavy atom. The molecule has 0 bridgehead atoms. The molecule has 3 aromatic rings. The zero-order chi connectivity index (χ0) is 17.4. The summed E-state index contributed by atoms with van der Waals surface area (Å²) in [6, 6.07) is 9.90. The van der Waals surface area contributed by atoms with Gasteiger partial charge < -0.3 is 9.47 Å². The lowest BCUT2D eigenvalue weighted by Gasteiger charge is -2.25. The quantitative estimate of drug-likeness (QED) is 0.738. The van der Waals surface area contributed by atoms with Crippen molar-refractivity contribution >= 4 is 16.9 Å². The van der Waals surface area contributed by atoms with Gasteiger partial charge in [0, 0.05) is 12.7 Å². The van der Waals surface area contributed by atoms with E-state index in [2.05, 4.69) is 15.0 Å². The summed E-state index contributed by atoms with van der Waals surface area (Å²) in [6.45, 7) is 4.92. The molecule has 1 atom stereocenters. The van der Waals surface area contributed by atoms with Crippen LogP contribution in [0.3, 0.4) is 0 Å². The van der Waals surface area contributed by atoms with Gasteiger partial charge in [-0.15, -0.1) is 0 Å². The molecule has 1 aliphatic heterocycles. The third-order valence-electron chi connectivity index (χ3n) is 4.85. The SMILES string of the molecule is Cc1nccc([C@H]2CCCN2C(=O)Cn2c(C)nc3ccccc32)n1. The van der Waals surface area contributed by atoms with Crippen molar-refractivity contribution in [1.29, 1.82) is 0 Å². The molecule has 0 unspecified atom stereocenters. The van der Waals surface area contributed by atoms with Crippen molar-refractivity contribution in [2.45, 2.75) is 39.3 Å².